The largest absolute Gasteiger partial charge is 0.375 e. The molecule has 3 nitrogen and oxygen atoms in total. The lowest BCUT2D eigenvalue weighted by Crippen LogP contribution is -2.35. The van der Waals surface area contributed by atoms with Crippen LogP contribution in [0.1, 0.15) is 25.7 Å². The maximum Gasteiger partial charge on any atom is 0.248 e. The van der Waals surface area contributed by atoms with Crippen LogP contribution in [0.3, 0.4) is 0 Å². The molecule has 2 rings (SSSR count). The zero-order valence-corrected chi connectivity index (χ0v) is 9.74. The normalized spacial score (nSPS) is 33.3. The van der Waals surface area contributed by atoms with Crippen molar-refractivity contribution >= 4 is 5.91 Å². The molecule has 15 heavy (non-hydrogen) atoms. The first kappa shape index (κ1) is 10.9. The van der Waals surface area contributed by atoms with Gasteiger partial charge in [0.15, 0.2) is 0 Å². The second kappa shape index (κ2) is 4.52. The Morgan fingerprint density at radius 3 is 2.73 bits per heavy atom. The van der Waals surface area contributed by atoms with Crippen molar-refractivity contribution in [1.29, 1.82) is 0 Å². The fourth-order valence-electron chi connectivity index (χ4n) is 3.29. The van der Waals surface area contributed by atoms with Gasteiger partial charge in [0.25, 0.3) is 0 Å². The minimum atomic E-state index is 0.111. The van der Waals surface area contributed by atoms with Crippen molar-refractivity contribution in [3.63, 3.8) is 0 Å². The number of ether oxygens (including phenoxy) is 1. The molecule has 0 spiro atoms. The van der Waals surface area contributed by atoms with E-state index in [2.05, 4.69) is 0 Å². The summed E-state index contributed by atoms with van der Waals surface area (Å²) in [7, 11) is 3.47. The molecule has 2 saturated carbocycles. The predicted molar refractivity (Wildman–Crippen MR) is 58.5 cm³/mol. The van der Waals surface area contributed by atoms with E-state index in [1.807, 2.05) is 11.9 Å². The Labute approximate surface area is 91.8 Å². The molecule has 1 amide bonds. The molecule has 0 saturated heterocycles. The lowest BCUT2D eigenvalue weighted by molar-refractivity contribution is -0.134. The first-order valence-electron chi connectivity index (χ1n) is 5.93. The molecule has 2 aliphatic rings. The zero-order chi connectivity index (χ0) is 10.8. The molecule has 3 unspecified atom stereocenters. The second-order valence-electron chi connectivity index (χ2n) is 5.14. The molecular weight excluding hydrogens is 190 g/mol. The van der Waals surface area contributed by atoms with E-state index >= 15 is 0 Å². The maximum atomic E-state index is 11.5. The molecular formula is C12H21NO2. The van der Waals surface area contributed by atoms with Crippen LogP contribution < -0.4 is 0 Å². The van der Waals surface area contributed by atoms with Crippen molar-refractivity contribution in [1.82, 2.24) is 4.90 Å². The van der Waals surface area contributed by atoms with Crippen LogP contribution in [0, 0.1) is 17.8 Å². The number of carbonyl (C=O) groups is 1. The monoisotopic (exact) mass is 211 g/mol. The van der Waals surface area contributed by atoms with Crippen molar-refractivity contribution in [3.05, 3.63) is 0 Å². The summed E-state index contributed by atoms with van der Waals surface area (Å²) >= 11 is 0. The first-order chi connectivity index (χ1) is 7.20. The Kier molecular flexibility index (Phi) is 3.29. The van der Waals surface area contributed by atoms with Crippen molar-refractivity contribution in [2.45, 2.75) is 25.7 Å². The number of hydrogen-bond acceptors (Lipinski definition) is 2. The lowest BCUT2D eigenvalue weighted by Gasteiger charge is -2.27. The highest BCUT2D eigenvalue weighted by atomic mass is 16.5. The summed E-state index contributed by atoms with van der Waals surface area (Å²) in [6.07, 6.45) is 5.57. The van der Waals surface area contributed by atoms with Gasteiger partial charge in [0.2, 0.25) is 5.91 Å². The summed E-state index contributed by atoms with van der Waals surface area (Å²) in [4.78, 5) is 13.4. The maximum absolute atomic E-state index is 11.5. The van der Waals surface area contributed by atoms with E-state index < -0.39 is 0 Å². The Balaban J connectivity index is 1.79. The Bertz CT molecular complexity index is 242. The van der Waals surface area contributed by atoms with Crippen LogP contribution in [0.4, 0.5) is 0 Å². The van der Waals surface area contributed by atoms with E-state index in [0.29, 0.717) is 0 Å². The number of rotatable bonds is 4. The molecule has 0 heterocycles. The lowest BCUT2D eigenvalue weighted by atomic mass is 9.88. The van der Waals surface area contributed by atoms with Gasteiger partial charge in [-0.3, -0.25) is 4.79 Å². The molecule has 3 heteroatoms. The van der Waals surface area contributed by atoms with E-state index in [4.69, 9.17) is 4.74 Å². The van der Waals surface area contributed by atoms with Gasteiger partial charge in [-0.2, -0.15) is 0 Å². The van der Waals surface area contributed by atoms with Gasteiger partial charge in [0.05, 0.1) is 0 Å². The fourth-order valence-corrected chi connectivity index (χ4v) is 3.29. The van der Waals surface area contributed by atoms with E-state index in [1.54, 1.807) is 7.11 Å². The molecule has 0 aromatic rings. The molecule has 0 aromatic heterocycles. The zero-order valence-electron chi connectivity index (χ0n) is 9.74. The van der Waals surface area contributed by atoms with Crippen molar-refractivity contribution in [3.8, 4) is 0 Å². The quantitative estimate of drug-likeness (QED) is 0.705. The third-order valence-corrected chi connectivity index (χ3v) is 4.09. The van der Waals surface area contributed by atoms with Crippen molar-refractivity contribution in [2.75, 3.05) is 27.3 Å². The predicted octanol–water partition coefficient (Wildman–Crippen LogP) is 1.53. The molecule has 3 atom stereocenters. The molecule has 0 aliphatic heterocycles. The number of amides is 1. The van der Waals surface area contributed by atoms with Gasteiger partial charge in [-0.25, -0.2) is 0 Å². The SMILES string of the molecule is COCC(=O)N(C)CC1CC2CCC1C2. The minimum Gasteiger partial charge on any atom is -0.375 e. The average Bonchev–Trinajstić information content (AvgIpc) is 2.79. The highest BCUT2D eigenvalue weighted by molar-refractivity contribution is 5.77. The number of hydrogen-bond donors (Lipinski definition) is 0. The smallest absolute Gasteiger partial charge is 0.248 e. The molecule has 2 bridgehead atoms. The summed E-state index contributed by atoms with van der Waals surface area (Å²) in [6, 6.07) is 0. The summed E-state index contributed by atoms with van der Waals surface area (Å²) < 4.78 is 4.86. The van der Waals surface area contributed by atoms with Crippen LogP contribution in [0.15, 0.2) is 0 Å². The van der Waals surface area contributed by atoms with Crippen LogP contribution >= 0.6 is 0 Å². The average molecular weight is 211 g/mol. The third kappa shape index (κ3) is 2.33. The van der Waals surface area contributed by atoms with E-state index in [0.717, 1.165) is 24.3 Å². The van der Waals surface area contributed by atoms with Crippen LogP contribution in [0.2, 0.25) is 0 Å². The summed E-state index contributed by atoms with van der Waals surface area (Å²) in [5, 5.41) is 0. The van der Waals surface area contributed by atoms with Gasteiger partial charge < -0.3 is 9.64 Å². The van der Waals surface area contributed by atoms with Gasteiger partial charge in [0, 0.05) is 20.7 Å². The first-order valence-corrected chi connectivity index (χ1v) is 5.93. The van der Waals surface area contributed by atoms with E-state index in [-0.39, 0.29) is 12.5 Å². The Morgan fingerprint density at radius 2 is 2.20 bits per heavy atom. The van der Waals surface area contributed by atoms with Crippen LogP contribution in [-0.2, 0) is 9.53 Å². The number of fused-ring (bicyclic) bond motifs is 2. The highest BCUT2D eigenvalue weighted by Crippen LogP contribution is 2.48. The minimum absolute atomic E-state index is 0.111. The third-order valence-electron chi connectivity index (χ3n) is 4.09. The van der Waals surface area contributed by atoms with E-state index in [1.165, 1.54) is 25.7 Å². The molecule has 2 aliphatic carbocycles. The molecule has 2 fully saturated rings. The molecule has 0 N–H and O–H groups in total. The Hall–Kier alpha value is -0.570. The summed E-state index contributed by atoms with van der Waals surface area (Å²) in [6.45, 7) is 1.15. The number of carbonyl (C=O) groups excluding carboxylic acids is 1. The number of nitrogens with zero attached hydrogens (tertiary/aromatic N) is 1. The van der Waals surface area contributed by atoms with Crippen LogP contribution in [-0.4, -0.2) is 38.1 Å². The van der Waals surface area contributed by atoms with Crippen LogP contribution in [0.25, 0.3) is 0 Å². The standard InChI is InChI=1S/C12H21NO2/c1-13(12(14)8-15-2)7-11-6-9-3-4-10(11)5-9/h9-11H,3-8H2,1-2H3. The van der Waals surface area contributed by atoms with Crippen molar-refractivity contribution < 1.29 is 9.53 Å². The van der Waals surface area contributed by atoms with Crippen LogP contribution in [0.5, 0.6) is 0 Å². The van der Waals surface area contributed by atoms with Gasteiger partial charge in [-0.05, 0) is 37.0 Å². The van der Waals surface area contributed by atoms with Gasteiger partial charge in [-0.15, -0.1) is 0 Å². The molecule has 0 aromatic carbocycles. The molecule has 0 radical (unpaired) electrons. The fraction of sp³-hybridized carbons (Fsp3) is 0.917. The second-order valence-corrected chi connectivity index (χ2v) is 5.14. The Morgan fingerprint density at radius 1 is 1.40 bits per heavy atom. The number of methoxy groups -OCH3 is 1. The number of likely N-dealkylation sites (N-methyl/N-ethyl adjacent to an activating group) is 1. The summed E-state index contributed by atoms with van der Waals surface area (Å²) in [5.41, 5.74) is 0. The van der Waals surface area contributed by atoms with Gasteiger partial charge >= 0.3 is 0 Å². The van der Waals surface area contributed by atoms with Gasteiger partial charge in [-0.1, -0.05) is 6.42 Å². The summed E-state index contributed by atoms with van der Waals surface area (Å²) in [5.74, 6) is 2.73. The topological polar surface area (TPSA) is 29.5 Å². The van der Waals surface area contributed by atoms with E-state index in [9.17, 15) is 4.79 Å². The molecule has 86 valence electrons. The highest BCUT2D eigenvalue weighted by Gasteiger charge is 2.39. The van der Waals surface area contributed by atoms with Gasteiger partial charge in [0.1, 0.15) is 6.61 Å². The van der Waals surface area contributed by atoms with Crippen molar-refractivity contribution in [2.24, 2.45) is 17.8 Å².